The van der Waals surface area contributed by atoms with E-state index in [1.165, 1.54) is 6.07 Å². The number of benzene rings is 2. The Bertz CT molecular complexity index is 560. The van der Waals surface area contributed by atoms with Gasteiger partial charge in [0.1, 0.15) is 24.3 Å². The summed E-state index contributed by atoms with van der Waals surface area (Å²) in [6.07, 6.45) is -0.783. The first-order valence-electron chi connectivity index (χ1n) is 6.62. The van der Waals surface area contributed by atoms with Gasteiger partial charge in [-0.05, 0) is 30.3 Å². The summed E-state index contributed by atoms with van der Waals surface area (Å²) >= 11 is 0. The van der Waals surface area contributed by atoms with Gasteiger partial charge in [-0.2, -0.15) is 0 Å². The molecule has 3 N–H and O–H groups in total. The van der Waals surface area contributed by atoms with Crippen molar-refractivity contribution in [3.8, 4) is 5.75 Å². The minimum Gasteiger partial charge on any atom is -0.491 e. The Balaban J connectivity index is 1.69. The zero-order valence-electron chi connectivity index (χ0n) is 11.5. The van der Waals surface area contributed by atoms with E-state index in [0.717, 1.165) is 0 Å². The van der Waals surface area contributed by atoms with Crippen molar-refractivity contribution in [2.75, 3.05) is 18.9 Å². The first-order chi connectivity index (χ1) is 10.1. The number of hydrogen-bond donors (Lipinski definition) is 2. The predicted molar refractivity (Wildman–Crippen MR) is 78.4 cm³/mol. The lowest BCUT2D eigenvalue weighted by atomic mass is 10.2. The zero-order chi connectivity index (χ0) is 15.1. The number of halogens is 1. The highest BCUT2D eigenvalue weighted by molar-refractivity contribution is 5.41. The highest BCUT2D eigenvalue weighted by Gasteiger charge is 2.07. The third kappa shape index (κ3) is 5.06. The summed E-state index contributed by atoms with van der Waals surface area (Å²) in [5.41, 5.74) is 6.67. The maximum atomic E-state index is 13.3. The zero-order valence-corrected chi connectivity index (χ0v) is 11.5. The molecule has 2 aromatic rings. The van der Waals surface area contributed by atoms with E-state index in [2.05, 4.69) is 0 Å². The number of anilines is 1. The first kappa shape index (κ1) is 15.3. The van der Waals surface area contributed by atoms with E-state index in [-0.39, 0.29) is 25.6 Å². The van der Waals surface area contributed by atoms with E-state index in [1.54, 1.807) is 42.5 Å². The topological polar surface area (TPSA) is 64.7 Å². The molecule has 2 rings (SSSR count). The highest BCUT2D eigenvalue weighted by Crippen LogP contribution is 2.13. The maximum Gasteiger partial charge on any atom is 0.128 e. The summed E-state index contributed by atoms with van der Waals surface area (Å²) in [4.78, 5) is 0. The van der Waals surface area contributed by atoms with Gasteiger partial charge in [0.15, 0.2) is 0 Å². The van der Waals surface area contributed by atoms with E-state index in [0.29, 0.717) is 17.0 Å². The summed E-state index contributed by atoms with van der Waals surface area (Å²) in [6.45, 7) is 0.288. The molecule has 4 nitrogen and oxygen atoms in total. The monoisotopic (exact) mass is 291 g/mol. The molecule has 0 saturated carbocycles. The van der Waals surface area contributed by atoms with E-state index in [4.69, 9.17) is 15.2 Å². The molecule has 1 unspecified atom stereocenters. The summed E-state index contributed by atoms with van der Waals surface area (Å²) in [7, 11) is 0. The second-order valence-corrected chi connectivity index (χ2v) is 4.64. The van der Waals surface area contributed by atoms with E-state index < -0.39 is 6.10 Å². The second kappa shape index (κ2) is 7.61. The van der Waals surface area contributed by atoms with Crippen molar-refractivity contribution in [1.82, 2.24) is 0 Å². The molecule has 0 aliphatic rings. The van der Waals surface area contributed by atoms with Crippen LogP contribution in [0, 0.1) is 5.82 Å². The molecule has 0 spiro atoms. The molecule has 0 aliphatic heterocycles. The van der Waals surface area contributed by atoms with Crippen molar-refractivity contribution < 1.29 is 19.0 Å². The van der Waals surface area contributed by atoms with Crippen molar-refractivity contribution in [3.63, 3.8) is 0 Å². The van der Waals surface area contributed by atoms with Crippen molar-refractivity contribution >= 4 is 5.69 Å². The summed E-state index contributed by atoms with van der Waals surface area (Å²) < 4.78 is 24.0. The molecule has 0 saturated heterocycles. The number of nitrogen functional groups attached to an aromatic ring is 1. The van der Waals surface area contributed by atoms with Crippen molar-refractivity contribution in [3.05, 3.63) is 59.9 Å². The molecule has 0 amide bonds. The fourth-order valence-corrected chi connectivity index (χ4v) is 1.72. The molecule has 1 atom stereocenters. The fourth-order valence-electron chi connectivity index (χ4n) is 1.72. The Hall–Kier alpha value is -2.11. The normalized spacial score (nSPS) is 12.1. The minimum atomic E-state index is -0.783. The first-order valence-corrected chi connectivity index (χ1v) is 6.62. The van der Waals surface area contributed by atoms with Gasteiger partial charge < -0.3 is 20.3 Å². The Labute approximate surface area is 122 Å². The van der Waals surface area contributed by atoms with Crippen LogP contribution in [0.5, 0.6) is 5.75 Å². The Kier molecular flexibility index (Phi) is 5.54. The summed E-state index contributed by atoms with van der Waals surface area (Å²) in [6, 6.07) is 13.3. The van der Waals surface area contributed by atoms with Crippen LogP contribution in [0.1, 0.15) is 5.56 Å². The molecule has 5 heteroatoms. The van der Waals surface area contributed by atoms with Crippen molar-refractivity contribution in [2.24, 2.45) is 0 Å². The number of aliphatic hydroxyl groups is 1. The van der Waals surface area contributed by atoms with Crippen molar-refractivity contribution in [2.45, 2.75) is 12.7 Å². The molecule has 0 radical (unpaired) electrons. The molecule has 0 bridgehead atoms. The van der Waals surface area contributed by atoms with Gasteiger partial charge in [-0.25, -0.2) is 4.39 Å². The van der Waals surface area contributed by atoms with Crippen LogP contribution in [0.3, 0.4) is 0 Å². The quantitative estimate of drug-likeness (QED) is 0.769. The standard InChI is InChI=1S/C16H18FNO3/c17-16-4-2-1-3-12(16)9-20-10-14(19)11-21-15-7-5-13(18)6-8-15/h1-8,14,19H,9-11,18H2. The lowest BCUT2D eigenvalue weighted by molar-refractivity contribution is 0.00477. The van der Waals surface area contributed by atoms with E-state index in [9.17, 15) is 9.50 Å². The van der Waals surface area contributed by atoms with Crippen LogP contribution in [0.15, 0.2) is 48.5 Å². The minimum absolute atomic E-state index is 0.0727. The number of aliphatic hydroxyl groups excluding tert-OH is 1. The molecule has 0 heterocycles. The van der Waals surface area contributed by atoms with Gasteiger partial charge in [-0.3, -0.25) is 0 Å². The number of rotatable bonds is 7. The van der Waals surface area contributed by atoms with Crippen LogP contribution < -0.4 is 10.5 Å². The van der Waals surface area contributed by atoms with Gasteiger partial charge in [0.2, 0.25) is 0 Å². The van der Waals surface area contributed by atoms with Gasteiger partial charge in [-0.15, -0.1) is 0 Å². The van der Waals surface area contributed by atoms with E-state index >= 15 is 0 Å². The highest BCUT2D eigenvalue weighted by atomic mass is 19.1. The number of hydrogen-bond acceptors (Lipinski definition) is 4. The van der Waals surface area contributed by atoms with Gasteiger partial charge in [0, 0.05) is 11.3 Å². The largest absolute Gasteiger partial charge is 0.491 e. The number of ether oxygens (including phenoxy) is 2. The summed E-state index contributed by atoms with van der Waals surface area (Å²) in [5.74, 6) is 0.308. The smallest absolute Gasteiger partial charge is 0.128 e. The van der Waals surface area contributed by atoms with Crippen LogP contribution in [-0.2, 0) is 11.3 Å². The molecular weight excluding hydrogens is 273 g/mol. The van der Waals surface area contributed by atoms with Gasteiger partial charge in [0.05, 0.1) is 13.2 Å². The number of nitrogens with two attached hydrogens (primary N) is 1. The Morgan fingerprint density at radius 2 is 1.76 bits per heavy atom. The lowest BCUT2D eigenvalue weighted by Gasteiger charge is -2.13. The molecular formula is C16H18FNO3. The molecule has 0 aromatic heterocycles. The van der Waals surface area contributed by atoms with Crippen LogP contribution in [-0.4, -0.2) is 24.4 Å². The maximum absolute atomic E-state index is 13.3. The molecule has 112 valence electrons. The predicted octanol–water partition coefficient (Wildman–Crippen LogP) is 2.36. The fraction of sp³-hybridized carbons (Fsp3) is 0.250. The van der Waals surface area contributed by atoms with Crippen LogP contribution in [0.4, 0.5) is 10.1 Å². The third-order valence-corrected chi connectivity index (χ3v) is 2.85. The molecule has 2 aromatic carbocycles. The average molecular weight is 291 g/mol. The van der Waals surface area contributed by atoms with Crippen LogP contribution in [0.25, 0.3) is 0 Å². The third-order valence-electron chi connectivity index (χ3n) is 2.85. The van der Waals surface area contributed by atoms with Gasteiger partial charge >= 0.3 is 0 Å². The average Bonchev–Trinajstić information content (AvgIpc) is 2.49. The van der Waals surface area contributed by atoms with Gasteiger partial charge in [-0.1, -0.05) is 18.2 Å². The van der Waals surface area contributed by atoms with E-state index in [1.807, 2.05) is 0 Å². The molecule has 0 aliphatic carbocycles. The second-order valence-electron chi connectivity index (χ2n) is 4.64. The molecule has 21 heavy (non-hydrogen) atoms. The Morgan fingerprint density at radius 1 is 1.05 bits per heavy atom. The molecule has 0 fully saturated rings. The van der Waals surface area contributed by atoms with Crippen LogP contribution in [0.2, 0.25) is 0 Å². The Morgan fingerprint density at radius 3 is 2.48 bits per heavy atom. The van der Waals surface area contributed by atoms with Crippen LogP contribution >= 0.6 is 0 Å². The van der Waals surface area contributed by atoms with Crippen molar-refractivity contribution in [1.29, 1.82) is 0 Å². The lowest BCUT2D eigenvalue weighted by Crippen LogP contribution is -2.23. The SMILES string of the molecule is Nc1ccc(OCC(O)COCc2ccccc2F)cc1. The van der Waals surface area contributed by atoms with Gasteiger partial charge in [0.25, 0.3) is 0 Å². The summed E-state index contributed by atoms with van der Waals surface area (Å²) in [5, 5.41) is 9.74.